The van der Waals surface area contributed by atoms with Crippen molar-refractivity contribution < 1.29 is 4.79 Å². The van der Waals surface area contributed by atoms with E-state index < -0.39 is 0 Å². The second kappa shape index (κ2) is 1.77. The molecule has 0 spiro atoms. The predicted molar refractivity (Wildman–Crippen MR) is 44.1 cm³/mol. The van der Waals surface area contributed by atoms with E-state index in [1.807, 2.05) is 0 Å². The fraction of sp³-hybridized carbons (Fsp3) is 0.700. The molecule has 0 bridgehead atoms. The van der Waals surface area contributed by atoms with Gasteiger partial charge < -0.3 is 0 Å². The highest BCUT2D eigenvalue weighted by molar-refractivity contribution is 6.00. The van der Waals surface area contributed by atoms with Gasteiger partial charge in [0.2, 0.25) is 0 Å². The summed E-state index contributed by atoms with van der Waals surface area (Å²) in [7, 11) is 0. The molecule has 2 rings (SSSR count). The first-order chi connectivity index (χ1) is 5.08. The molecule has 2 atom stereocenters. The molecule has 0 aromatic rings. The molecule has 1 nitrogen and oxygen atoms in total. The van der Waals surface area contributed by atoms with Crippen LogP contribution in [0.1, 0.15) is 26.7 Å². The molecule has 2 aliphatic carbocycles. The molecule has 0 N–H and O–H groups in total. The van der Waals surface area contributed by atoms with Gasteiger partial charge in [0.05, 0.1) is 0 Å². The van der Waals surface area contributed by atoms with E-state index in [0.717, 1.165) is 12.0 Å². The number of hydrogen-bond acceptors (Lipinski definition) is 1. The summed E-state index contributed by atoms with van der Waals surface area (Å²) in [5.74, 6) is 1.51. The minimum atomic E-state index is 0.315. The van der Waals surface area contributed by atoms with Gasteiger partial charge in [0.25, 0.3) is 0 Å². The monoisotopic (exact) mass is 150 g/mol. The highest BCUT2D eigenvalue weighted by Crippen LogP contribution is 2.67. The van der Waals surface area contributed by atoms with Crippen molar-refractivity contribution >= 4 is 5.78 Å². The zero-order chi connectivity index (χ0) is 8.22. The van der Waals surface area contributed by atoms with Gasteiger partial charge in [-0.1, -0.05) is 20.4 Å². The molecule has 2 aliphatic rings. The molecule has 0 heterocycles. The van der Waals surface area contributed by atoms with Crippen LogP contribution in [0, 0.1) is 17.3 Å². The lowest BCUT2D eigenvalue weighted by molar-refractivity contribution is -0.115. The van der Waals surface area contributed by atoms with Gasteiger partial charge >= 0.3 is 0 Å². The zero-order valence-corrected chi connectivity index (χ0v) is 7.18. The molecule has 0 aromatic carbocycles. The second-order valence-electron chi connectivity index (χ2n) is 4.27. The Balaban J connectivity index is 2.26. The van der Waals surface area contributed by atoms with E-state index in [1.165, 1.54) is 6.42 Å². The number of rotatable bonds is 1. The SMILES string of the molecule is C=C1C(=O)CC2(C(C)C)CC12. The highest BCUT2D eigenvalue weighted by Gasteiger charge is 2.63. The molecular weight excluding hydrogens is 136 g/mol. The van der Waals surface area contributed by atoms with Crippen molar-refractivity contribution in [3.8, 4) is 0 Å². The Morgan fingerprint density at radius 1 is 1.64 bits per heavy atom. The molecule has 1 heteroatoms. The molecule has 60 valence electrons. The number of carbonyl (C=O) groups is 1. The van der Waals surface area contributed by atoms with Gasteiger partial charge in [0.1, 0.15) is 0 Å². The smallest absolute Gasteiger partial charge is 0.159 e. The van der Waals surface area contributed by atoms with Crippen molar-refractivity contribution in [1.29, 1.82) is 0 Å². The Kier molecular flexibility index (Phi) is 1.14. The Morgan fingerprint density at radius 3 is 2.55 bits per heavy atom. The first-order valence-electron chi connectivity index (χ1n) is 4.30. The molecule has 2 unspecified atom stereocenters. The Labute approximate surface area is 67.5 Å². The summed E-state index contributed by atoms with van der Waals surface area (Å²) in [6.07, 6.45) is 1.99. The van der Waals surface area contributed by atoms with Crippen LogP contribution in [0.3, 0.4) is 0 Å². The maximum Gasteiger partial charge on any atom is 0.159 e. The lowest BCUT2D eigenvalue weighted by atomic mass is 9.90. The van der Waals surface area contributed by atoms with Crippen LogP contribution >= 0.6 is 0 Å². The molecule has 11 heavy (non-hydrogen) atoms. The summed E-state index contributed by atoms with van der Waals surface area (Å²) in [6.45, 7) is 8.26. The maximum atomic E-state index is 11.2. The molecule has 0 radical (unpaired) electrons. The summed E-state index contributed by atoms with van der Waals surface area (Å²) >= 11 is 0. The van der Waals surface area contributed by atoms with Crippen molar-refractivity contribution in [3.05, 3.63) is 12.2 Å². The predicted octanol–water partition coefficient (Wildman–Crippen LogP) is 2.18. The van der Waals surface area contributed by atoms with Gasteiger partial charge in [0, 0.05) is 6.42 Å². The number of hydrogen-bond donors (Lipinski definition) is 0. The number of carbonyl (C=O) groups excluding carboxylic acids is 1. The summed E-state index contributed by atoms with van der Waals surface area (Å²) in [4.78, 5) is 11.2. The van der Waals surface area contributed by atoms with Crippen LogP contribution in [-0.2, 0) is 4.79 Å². The molecule has 2 fully saturated rings. The van der Waals surface area contributed by atoms with Crippen LogP contribution in [0.2, 0.25) is 0 Å². The Bertz CT molecular complexity index is 239. The van der Waals surface area contributed by atoms with Gasteiger partial charge in [-0.3, -0.25) is 4.79 Å². The van der Waals surface area contributed by atoms with Crippen molar-refractivity contribution in [2.45, 2.75) is 26.7 Å². The normalized spacial score (nSPS) is 41.5. The van der Waals surface area contributed by atoms with E-state index in [1.54, 1.807) is 0 Å². The second-order valence-corrected chi connectivity index (χ2v) is 4.27. The third-order valence-corrected chi connectivity index (χ3v) is 3.54. The highest BCUT2D eigenvalue weighted by atomic mass is 16.1. The topological polar surface area (TPSA) is 17.1 Å². The molecule has 2 saturated carbocycles. The maximum absolute atomic E-state index is 11.2. The number of ketones is 1. The van der Waals surface area contributed by atoms with Gasteiger partial charge in [-0.25, -0.2) is 0 Å². The number of Topliss-reactive ketones (excluding diaryl/α,β-unsaturated/α-hetero) is 1. The zero-order valence-electron chi connectivity index (χ0n) is 7.18. The third kappa shape index (κ3) is 0.688. The number of allylic oxidation sites excluding steroid dienone is 1. The van der Waals surface area contributed by atoms with Gasteiger partial charge in [-0.05, 0) is 29.2 Å². The quantitative estimate of drug-likeness (QED) is 0.523. The largest absolute Gasteiger partial charge is 0.295 e. The molecule has 0 saturated heterocycles. The van der Waals surface area contributed by atoms with Crippen molar-refractivity contribution in [2.24, 2.45) is 17.3 Å². The first kappa shape index (κ1) is 7.08. The van der Waals surface area contributed by atoms with E-state index in [0.29, 0.717) is 23.0 Å². The molecular formula is C10H14O. The van der Waals surface area contributed by atoms with Crippen LogP contribution in [0.5, 0.6) is 0 Å². The molecule has 0 aromatic heterocycles. The average molecular weight is 150 g/mol. The van der Waals surface area contributed by atoms with Gasteiger partial charge in [-0.15, -0.1) is 0 Å². The average Bonchev–Trinajstić information content (AvgIpc) is 2.57. The van der Waals surface area contributed by atoms with Crippen molar-refractivity contribution in [2.75, 3.05) is 0 Å². The summed E-state index contributed by atoms with van der Waals surface area (Å²) in [5, 5.41) is 0. The summed E-state index contributed by atoms with van der Waals surface area (Å²) < 4.78 is 0. The van der Waals surface area contributed by atoms with Crippen molar-refractivity contribution in [1.82, 2.24) is 0 Å². The summed E-state index contributed by atoms with van der Waals surface area (Å²) in [5.41, 5.74) is 1.26. The van der Waals surface area contributed by atoms with Crippen LogP contribution in [-0.4, -0.2) is 5.78 Å². The van der Waals surface area contributed by atoms with Crippen LogP contribution in [0.15, 0.2) is 12.2 Å². The minimum Gasteiger partial charge on any atom is -0.295 e. The minimum absolute atomic E-state index is 0.315. The Hall–Kier alpha value is -0.590. The first-order valence-corrected chi connectivity index (χ1v) is 4.30. The van der Waals surface area contributed by atoms with Gasteiger partial charge in [-0.2, -0.15) is 0 Å². The van der Waals surface area contributed by atoms with Gasteiger partial charge in [0.15, 0.2) is 5.78 Å². The third-order valence-electron chi connectivity index (χ3n) is 3.54. The van der Waals surface area contributed by atoms with Crippen LogP contribution in [0.4, 0.5) is 0 Å². The van der Waals surface area contributed by atoms with Crippen LogP contribution < -0.4 is 0 Å². The fourth-order valence-corrected chi connectivity index (χ4v) is 2.44. The standard InChI is InChI=1S/C10H14O/c1-6(2)10-4-8(10)7(3)9(11)5-10/h6,8H,3-5H2,1-2H3. The van der Waals surface area contributed by atoms with Crippen molar-refractivity contribution in [3.63, 3.8) is 0 Å². The number of fused-ring (bicyclic) bond motifs is 1. The Morgan fingerprint density at radius 2 is 2.27 bits per heavy atom. The van der Waals surface area contributed by atoms with Crippen LogP contribution in [0.25, 0.3) is 0 Å². The van der Waals surface area contributed by atoms with E-state index in [2.05, 4.69) is 20.4 Å². The van der Waals surface area contributed by atoms with E-state index in [4.69, 9.17) is 0 Å². The lowest BCUT2D eigenvalue weighted by Gasteiger charge is -2.14. The lowest BCUT2D eigenvalue weighted by Crippen LogP contribution is -2.10. The van der Waals surface area contributed by atoms with E-state index >= 15 is 0 Å². The fourth-order valence-electron chi connectivity index (χ4n) is 2.44. The summed E-state index contributed by atoms with van der Waals surface area (Å²) in [6, 6.07) is 0. The van der Waals surface area contributed by atoms with E-state index in [-0.39, 0.29) is 0 Å². The molecule has 0 aliphatic heterocycles. The molecule has 0 amide bonds. The van der Waals surface area contributed by atoms with E-state index in [9.17, 15) is 4.79 Å².